The number of rotatable bonds is 6. The molecule has 0 atom stereocenters. The molecule has 4 rings (SSSR count). The van der Waals surface area contributed by atoms with Crippen LogP contribution in [0.5, 0.6) is 0 Å². The molecule has 2 aliphatic rings. The van der Waals surface area contributed by atoms with Crippen molar-refractivity contribution in [1.29, 1.82) is 0 Å². The van der Waals surface area contributed by atoms with Crippen LogP contribution < -0.4 is 11.0 Å². The largest absolute Gasteiger partial charge is 0.345 e. The summed E-state index contributed by atoms with van der Waals surface area (Å²) in [5, 5.41) is 7.35. The van der Waals surface area contributed by atoms with Crippen molar-refractivity contribution in [3.05, 3.63) is 52.0 Å². The summed E-state index contributed by atoms with van der Waals surface area (Å²) in [6.45, 7) is 5.01. The molecule has 8 nitrogen and oxygen atoms in total. The fourth-order valence-corrected chi connectivity index (χ4v) is 4.11. The van der Waals surface area contributed by atoms with Gasteiger partial charge in [-0.3, -0.25) is 9.47 Å². The van der Waals surface area contributed by atoms with Crippen molar-refractivity contribution < 1.29 is 9.18 Å². The van der Waals surface area contributed by atoms with Gasteiger partial charge in [0.15, 0.2) is 0 Å². The minimum atomic E-state index is -0.185. The van der Waals surface area contributed by atoms with Crippen LogP contribution in [-0.4, -0.2) is 62.9 Å². The van der Waals surface area contributed by atoms with Crippen LogP contribution in [0, 0.1) is 5.82 Å². The lowest BCUT2D eigenvalue weighted by molar-refractivity contribution is 0.134. The molecule has 1 aromatic heterocycles. The zero-order valence-corrected chi connectivity index (χ0v) is 17.2. The maximum Gasteiger partial charge on any atom is 0.345 e. The van der Waals surface area contributed by atoms with E-state index >= 15 is 0 Å². The van der Waals surface area contributed by atoms with E-state index in [1.54, 1.807) is 21.6 Å². The molecule has 0 saturated carbocycles. The lowest BCUT2D eigenvalue weighted by Crippen LogP contribution is -2.51. The smallest absolute Gasteiger partial charge is 0.338 e. The quantitative estimate of drug-likeness (QED) is 0.723. The number of fused-ring (bicyclic) bond motifs is 1. The second-order valence-corrected chi connectivity index (χ2v) is 7.97. The first kappa shape index (κ1) is 20.6. The summed E-state index contributed by atoms with van der Waals surface area (Å²) < 4.78 is 17.1. The van der Waals surface area contributed by atoms with Gasteiger partial charge >= 0.3 is 11.7 Å². The van der Waals surface area contributed by atoms with Crippen molar-refractivity contribution in [2.75, 3.05) is 32.7 Å². The van der Waals surface area contributed by atoms with E-state index in [1.165, 1.54) is 10.7 Å². The van der Waals surface area contributed by atoms with E-state index in [9.17, 15) is 14.0 Å². The van der Waals surface area contributed by atoms with Gasteiger partial charge in [0.2, 0.25) is 0 Å². The fraction of sp³-hybridized carbons (Fsp3) is 0.571. The van der Waals surface area contributed by atoms with Gasteiger partial charge in [-0.15, -0.1) is 0 Å². The summed E-state index contributed by atoms with van der Waals surface area (Å²) in [6, 6.07) is 6.73. The maximum absolute atomic E-state index is 13.8. The zero-order chi connectivity index (χ0) is 20.9. The number of aryl methyl sites for hydroxylation is 2. The van der Waals surface area contributed by atoms with E-state index in [0.717, 1.165) is 44.7 Å². The summed E-state index contributed by atoms with van der Waals surface area (Å²) in [4.78, 5) is 28.7. The van der Waals surface area contributed by atoms with Gasteiger partial charge in [0.05, 0.1) is 0 Å². The number of hydrogen-bond donors (Lipinski definition) is 1. The first-order valence-electron chi connectivity index (χ1n) is 10.8. The molecule has 0 unspecified atom stereocenters. The third kappa shape index (κ3) is 4.72. The second kappa shape index (κ2) is 9.42. The number of aromatic nitrogens is 3. The Morgan fingerprint density at radius 3 is 2.67 bits per heavy atom. The van der Waals surface area contributed by atoms with E-state index < -0.39 is 0 Å². The molecule has 9 heteroatoms. The van der Waals surface area contributed by atoms with Crippen LogP contribution >= 0.6 is 0 Å². The molecule has 2 aliphatic heterocycles. The molecule has 0 aliphatic carbocycles. The van der Waals surface area contributed by atoms with Crippen molar-refractivity contribution in [2.45, 2.75) is 45.3 Å². The summed E-state index contributed by atoms with van der Waals surface area (Å²) in [6.07, 6.45) is 3.64. The molecule has 3 heterocycles. The lowest BCUT2D eigenvalue weighted by atomic mass is 10.2. The first-order valence-corrected chi connectivity index (χ1v) is 10.8. The predicted octanol–water partition coefficient (Wildman–Crippen LogP) is 1.44. The molecular formula is C21H29FN6O2. The Morgan fingerprint density at radius 1 is 1.10 bits per heavy atom. The van der Waals surface area contributed by atoms with Gasteiger partial charge in [-0.1, -0.05) is 18.2 Å². The van der Waals surface area contributed by atoms with Gasteiger partial charge in [0.1, 0.15) is 11.6 Å². The highest BCUT2D eigenvalue weighted by Crippen LogP contribution is 2.12. The average Bonchev–Trinajstić information content (AvgIpc) is 3.09. The number of halogens is 1. The van der Waals surface area contributed by atoms with Crippen LogP contribution in [0.15, 0.2) is 29.1 Å². The molecule has 0 bridgehead atoms. The zero-order valence-electron chi connectivity index (χ0n) is 17.2. The molecule has 1 aromatic carbocycles. The Bertz CT molecular complexity index is 932. The van der Waals surface area contributed by atoms with E-state index in [0.29, 0.717) is 44.7 Å². The predicted molar refractivity (Wildman–Crippen MR) is 111 cm³/mol. The molecule has 0 radical (unpaired) electrons. The standard InChI is InChI=1S/C21H29FN6O2/c22-18-7-2-1-6-17(18)16-25-12-14-26(15-13-25)20(29)23-9-5-11-28-21(30)27-10-4-3-8-19(27)24-28/h1-2,6-7H,3-5,8-16H2,(H,23,29). The van der Waals surface area contributed by atoms with Gasteiger partial charge in [0.25, 0.3) is 0 Å². The van der Waals surface area contributed by atoms with Crippen molar-refractivity contribution in [2.24, 2.45) is 0 Å². The Labute approximate surface area is 175 Å². The summed E-state index contributed by atoms with van der Waals surface area (Å²) in [5.41, 5.74) is 0.647. The number of nitrogens with zero attached hydrogens (tertiary/aromatic N) is 5. The summed E-state index contributed by atoms with van der Waals surface area (Å²) in [5.74, 6) is 0.693. The Kier molecular flexibility index (Phi) is 6.47. The van der Waals surface area contributed by atoms with E-state index in [1.807, 2.05) is 6.07 Å². The normalized spacial score (nSPS) is 17.0. The van der Waals surface area contributed by atoms with E-state index in [4.69, 9.17) is 0 Å². The van der Waals surface area contributed by atoms with Crippen molar-refractivity contribution >= 4 is 6.03 Å². The lowest BCUT2D eigenvalue weighted by Gasteiger charge is -2.34. The Balaban J connectivity index is 1.17. The van der Waals surface area contributed by atoms with Crippen LogP contribution in [-0.2, 0) is 26.1 Å². The van der Waals surface area contributed by atoms with Gasteiger partial charge in [0, 0.05) is 64.3 Å². The highest BCUT2D eigenvalue weighted by Gasteiger charge is 2.21. The van der Waals surface area contributed by atoms with Gasteiger partial charge < -0.3 is 10.2 Å². The average molecular weight is 417 g/mol. The highest BCUT2D eigenvalue weighted by molar-refractivity contribution is 5.74. The molecule has 2 amide bonds. The van der Waals surface area contributed by atoms with Crippen molar-refractivity contribution in [1.82, 2.24) is 29.5 Å². The number of hydrogen-bond acceptors (Lipinski definition) is 4. The van der Waals surface area contributed by atoms with E-state index in [2.05, 4.69) is 15.3 Å². The minimum Gasteiger partial charge on any atom is -0.338 e. The molecule has 30 heavy (non-hydrogen) atoms. The molecule has 2 aromatic rings. The van der Waals surface area contributed by atoms with Gasteiger partial charge in [-0.2, -0.15) is 5.10 Å². The molecule has 1 saturated heterocycles. The van der Waals surface area contributed by atoms with Crippen molar-refractivity contribution in [3.8, 4) is 0 Å². The monoisotopic (exact) mass is 416 g/mol. The Hall–Kier alpha value is -2.68. The third-order valence-electron chi connectivity index (χ3n) is 5.87. The number of piperazine rings is 1. The van der Waals surface area contributed by atoms with Crippen LogP contribution in [0.2, 0.25) is 0 Å². The van der Waals surface area contributed by atoms with Gasteiger partial charge in [-0.05, 0) is 25.3 Å². The maximum atomic E-state index is 13.8. The fourth-order valence-electron chi connectivity index (χ4n) is 4.11. The topological polar surface area (TPSA) is 75.4 Å². The number of amides is 2. The molecule has 1 fully saturated rings. The summed E-state index contributed by atoms with van der Waals surface area (Å²) >= 11 is 0. The van der Waals surface area contributed by atoms with Gasteiger partial charge in [-0.25, -0.2) is 18.7 Å². The van der Waals surface area contributed by atoms with Crippen LogP contribution in [0.3, 0.4) is 0 Å². The van der Waals surface area contributed by atoms with Crippen molar-refractivity contribution in [3.63, 3.8) is 0 Å². The minimum absolute atomic E-state index is 0.0398. The molecule has 0 spiro atoms. The molecular weight excluding hydrogens is 387 g/mol. The number of carbonyl (C=O) groups is 1. The van der Waals surface area contributed by atoms with Crippen LogP contribution in [0.1, 0.15) is 30.7 Å². The third-order valence-corrected chi connectivity index (χ3v) is 5.87. The number of urea groups is 1. The van der Waals surface area contributed by atoms with Crippen LogP contribution in [0.4, 0.5) is 9.18 Å². The number of benzene rings is 1. The SMILES string of the molecule is O=C(NCCCn1nc2n(c1=O)CCCC2)N1CCN(Cc2ccccc2F)CC1. The molecule has 1 N–H and O–H groups in total. The number of carbonyl (C=O) groups excluding carboxylic acids is 1. The Morgan fingerprint density at radius 2 is 1.90 bits per heavy atom. The number of nitrogens with one attached hydrogen (secondary N) is 1. The first-order chi connectivity index (χ1) is 14.6. The second-order valence-electron chi connectivity index (χ2n) is 7.97. The summed E-state index contributed by atoms with van der Waals surface area (Å²) in [7, 11) is 0. The molecule has 162 valence electrons. The van der Waals surface area contributed by atoms with E-state index in [-0.39, 0.29) is 17.5 Å². The highest BCUT2D eigenvalue weighted by atomic mass is 19.1. The van der Waals surface area contributed by atoms with Crippen LogP contribution in [0.25, 0.3) is 0 Å².